The van der Waals surface area contributed by atoms with Crippen LogP contribution in [0.2, 0.25) is 0 Å². The largest absolute Gasteiger partial charge is 0.544 e. The Labute approximate surface area is 363 Å². The lowest BCUT2D eigenvalue weighted by atomic mass is 10.1. The van der Waals surface area contributed by atoms with Crippen LogP contribution in [0, 0.1) is 0 Å². The first-order valence-electron chi connectivity index (χ1n) is 24.2. The van der Waals surface area contributed by atoms with Gasteiger partial charge in [0.15, 0.2) is 6.10 Å². The number of hydrogen-bond donors (Lipinski definition) is 0. The third-order valence-electron chi connectivity index (χ3n) is 10.7. The van der Waals surface area contributed by atoms with Crippen molar-refractivity contribution in [3.05, 3.63) is 48.6 Å². The van der Waals surface area contributed by atoms with Gasteiger partial charge >= 0.3 is 11.9 Å². The quantitative estimate of drug-likeness (QED) is 0.0261. The van der Waals surface area contributed by atoms with Crippen LogP contribution in [-0.4, -0.2) is 75.5 Å². The molecule has 0 aliphatic rings. The Morgan fingerprint density at radius 2 is 0.949 bits per heavy atom. The molecule has 0 aromatic rings. The summed E-state index contributed by atoms with van der Waals surface area (Å²) in [5.41, 5.74) is 0. The van der Waals surface area contributed by atoms with Gasteiger partial charge in [0, 0.05) is 19.3 Å². The van der Waals surface area contributed by atoms with E-state index in [1.807, 2.05) is 0 Å². The van der Waals surface area contributed by atoms with Crippen molar-refractivity contribution in [1.29, 1.82) is 0 Å². The zero-order chi connectivity index (χ0) is 43.5. The fraction of sp³-hybridized carbons (Fsp3) is 0.784. The second-order valence-electron chi connectivity index (χ2n) is 17.3. The number of quaternary nitrogens is 1. The van der Waals surface area contributed by atoms with Crippen LogP contribution in [0.25, 0.3) is 0 Å². The van der Waals surface area contributed by atoms with Gasteiger partial charge in [0.25, 0.3) is 0 Å². The summed E-state index contributed by atoms with van der Waals surface area (Å²) < 4.78 is 17.2. The molecule has 0 amide bonds. The van der Waals surface area contributed by atoms with E-state index in [-0.39, 0.29) is 42.7 Å². The van der Waals surface area contributed by atoms with Crippen molar-refractivity contribution in [2.45, 2.75) is 219 Å². The van der Waals surface area contributed by atoms with E-state index >= 15 is 0 Å². The monoisotopic (exact) mass is 830 g/mol. The van der Waals surface area contributed by atoms with Crippen molar-refractivity contribution in [1.82, 2.24) is 0 Å². The standard InChI is InChI=1S/C51H91NO7/c1-6-8-10-12-14-16-18-20-22-24-25-26-28-29-31-33-35-37-39-41-49(53)58-46-47(45-57-44-43-48(51(55)56)52(3,4)5)59-50(54)42-40-38-36-34-32-30-27-23-21-19-17-15-13-11-9-7-2/h8,10,14,16,20,22-23,27,47-48H,6-7,9,11-13,15,17-19,21,24-26,28-46H2,1-5H3/b10-8+,16-14+,22-20+,27-23+. The molecule has 0 radical (unpaired) electrons. The first-order valence-corrected chi connectivity index (χ1v) is 24.2. The first kappa shape index (κ1) is 56.3. The highest BCUT2D eigenvalue weighted by atomic mass is 16.6. The normalized spacial score (nSPS) is 13.3. The summed E-state index contributed by atoms with van der Waals surface area (Å²) in [6.45, 7) is 4.55. The van der Waals surface area contributed by atoms with Gasteiger partial charge in [-0.2, -0.15) is 0 Å². The number of allylic oxidation sites excluding steroid dienone is 8. The average Bonchev–Trinajstić information content (AvgIpc) is 3.19. The summed E-state index contributed by atoms with van der Waals surface area (Å²) in [6, 6.07) is -0.728. The van der Waals surface area contributed by atoms with Crippen LogP contribution >= 0.6 is 0 Å². The summed E-state index contributed by atoms with van der Waals surface area (Å²) >= 11 is 0. The van der Waals surface area contributed by atoms with E-state index in [1.54, 1.807) is 21.1 Å². The number of aliphatic carboxylic acids is 1. The van der Waals surface area contributed by atoms with Gasteiger partial charge in [0.1, 0.15) is 12.6 Å². The van der Waals surface area contributed by atoms with Crippen molar-refractivity contribution in [3.8, 4) is 0 Å². The summed E-state index contributed by atoms with van der Waals surface area (Å²) in [5, 5.41) is 11.6. The number of carboxylic acid groups (broad SMARTS) is 1. The maximum Gasteiger partial charge on any atom is 0.306 e. The van der Waals surface area contributed by atoms with Crippen molar-refractivity contribution in [2.75, 3.05) is 41.0 Å². The fourth-order valence-electron chi connectivity index (χ4n) is 6.96. The Morgan fingerprint density at radius 1 is 0.525 bits per heavy atom. The second kappa shape index (κ2) is 42.0. The number of carbonyl (C=O) groups is 3. The molecule has 0 saturated carbocycles. The minimum Gasteiger partial charge on any atom is -0.544 e. The van der Waals surface area contributed by atoms with Gasteiger partial charge in [-0.1, -0.05) is 165 Å². The lowest BCUT2D eigenvalue weighted by molar-refractivity contribution is -0.889. The van der Waals surface area contributed by atoms with Gasteiger partial charge in [0.05, 0.1) is 40.3 Å². The van der Waals surface area contributed by atoms with Crippen LogP contribution in [0.5, 0.6) is 0 Å². The molecule has 342 valence electrons. The lowest BCUT2D eigenvalue weighted by Gasteiger charge is -2.34. The van der Waals surface area contributed by atoms with E-state index in [0.29, 0.717) is 12.8 Å². The highest BCUT2D eigenvalue weighted by molar-refractivity contribution is 5.70. The molecule has 2 unspecified atom stereocenters. The molecular formula is C51H91NO7. The molecular weight excluding hydrogens is 739 g/mol. The topological polar surface area (TPSA) is 102 Å². The predicted octanol–water partition coefficient (Wildman–Crippen LogP) is 12.3. The van der Waals surface area contributed by atoms with Gasteiger partial charge in [-0.05, 0) is 70.6 Å². The Bertz CT molecular complexity index is 1110. The molecule has 0 bridgehead atoms. The molecule has 0 aromatic carbocycles. The minimum atomic E-state index is -1.13. The molecule has 0 saturated heterocycles. The number of carbonyl (C=O) groups excluding carboxylic acids is 3. The van der Waals surface area contributed by atoms with E-state index in [0.717, 1.165) is 77.0 Å². The molecule has 8 nitrogen and oxygen atoms in total. The van der Waals surface area contributed by atoms with Crippen LogP contribution in [0.15, 0.2) is 48.6 Å². The van der Waals surface area contributed by atoms with Crippen LogP contribution in [0.1, 0.15) is 206 Å². The molecule has 59 heavy (non-hydrogen) atoms. The summed E-state index contributed by atoms with van der Waals surface area (Å²) in [5.74, 6) is -1.75. The van der Waals surface area contributed by atoms with E-state index < -0.39 is 18.1 Å². The number of hydrogen-bond acceptors (Lipinski definition) is 7. The van der Waals surface area contributed by atoms with Crippen LogP contribution in [0.3, 0.4) is 0 Å². The van der Waals surface area contributed by atoms with E-state index in [4.69, 9.17) is 14.2 Å². The van der Waals surface area contributed by atoms with E-state index in [9.17, 15) is 19.5 Å². The predicted molar refractivity (Wildman–Crippen MR) is 245 cm³/mol. The van der Waals surface area contributed by atoms with Crippen LogP contribution in [0.4, 0.5) is 0 Å². The minimum absolute atomic E-state index is 0.0358. The zero-order valence-corrected chi connectivity index (χ0v) is 38.9. The van der Waals surface area contributed by atoms with Gasteiger partial charge in [-0.3, -0.25) is 9.59 Å². The van der Waals surface area contributed by atoms with Gasteiger partial charge in [-0.25, -0.2) is 0 Å². The van der Waals surface area contributed by atoms with Crippen molar-refractivity contribution in [2.24, 2.45) is 0 Å². The molecule has 0 aliphatic carbocycles. The molecule has 0 aliphatic heterocycles. The molecule has 0 aromatic heterocycles. The highest BCUT2D eigenvalue weighted by Gasteiger charge is 2.25. The molecule has 2 atom stereocenters. The van der Waals surface area contributed by atoms with E-state index in [1.165, 1.54) is 96.3 Å². The lowest BCUT2D eigenvalue weighted by Crippen LogP contribution is -2.55. The number of unbranched alkanes of at least 4 members (excludes halogenated alkanes) is 21. The number of ether oxygens (including phenoxy) is 3. The highest BCUT2D eigenvalue weighted by Crippen LogP contribution is 2.14. The smallest absolute Gasteiger partial charge is 0.306 e. The molecule has 0 rings (SSSR count). The Kier molecular flexibility index (Phi) is 40.1. The Morgan fingerprint density at radius 3 is 1.42 bits per heavy atom. The Hall–Kier alpha value is -2.71. The maximum absolute atomic E-state index is 12.7. The molecule has 0 fully saturated rings. The van der Waals surface area contributed by atoms with Crippen LogP contribution in [-0.2, 0) is 28.6 Å². The third-order valence-corrected chi connectivity index (χ3v) is 10.7. The van der Waals surface area contributed by atoms with Crippen molar-refractivity contribution >= 4 is 17.9 Å². The molecule has 0 spiro atoms. The summed E-state index contributed by atoms with van der Waals surface area (Å²) in [6.07, 6.45) is 49.9. The zero-order valence-electron chi connectivity index (χ0n) is 38.9. The molecule has 0 N–H and O–H groups in total. The first-order chi connectivity index (χ1) is 28.6. The maximum atomic E-state index is 12.7. The SMILES string of the molecule is CC/C=C/C/C=C/C/C=C/CCCCCCCCCCCC(=O)OCC(COCCC(C(=O)[O-])[N+](C)(C)C)OC(=O)CCCCCCC/C=C/CCCCCCCCC. The van der Waals surface area contributed by atoms with E-state index in [2.05, 4.69) is 62.5 Å². The molecule has 8 heteroatoms. The number of likely N-dealkylation sites (N-methyl/N-ethyl adjacent to an activating group) is 1. The van der Waals surface area contributed by atoms with Gasteiger partial charge in [-0.15, -0.1) is 0 Å². The summed E-state index contributed by atoms with van der Waals surface area (Å²) in [7, 11) is 5.41. The van der Waals surface area contributed by atoms with Crippen molar-refractivity contribution < 1.29 is 38.2 Å². The number of nitrogens with zero attached hydrogens (tertiary/aromatic N) is 1. The van der Waals surface area contributed by atoms with Gasteiger partial charge in [0.2, 0.25) is 0 Å². The molecule has 0 heterocycles. The average molecular weight is 830 g/mol. The Balaban J connectivity index is 4.29. The fourth-order valence-corrected chi connectivity index (χ4v) is 6.96. The number of carboxylic acids is 1. The number of esters is 2. The summed E-state index contributed by atoms with van der Waals surface area (Å²) in [4.78, 5) is 37.0. The van der Waals surface area contributed by atoms with Gasteiger partial charge < -0.3 is 28.6 Å². The third kappa shape index (κ3) is 40.5. The van der Waals surface area contributed by atoms with Crippen molar-refractivity contribution in [3.63, 3.8) is 0 Å². The van der Waals surface area contributed by atoms with Crippen LogP contribution < -0.4 is 5.11 Å². The number of rotatable bonds is 43. The second-order valence-corrected chi connectivity index (χ2v) is 17.3.